The summed E-state index contributed by atoms with van der Waals surface area (Å²) in [6.45, 7) is 2.12. The number of aryl methyl sites for hydroxylation is 1. The summed E-state index contributed by atoms with van der Waals surface area (Å²) < 4.78 is 2.34. The number of nitrogen functional groups attached to an aromatic ring is 1. The van der Waals surface area contributed by atoms with Crippen molar-refractivity contribution in [2.45, 2.75) is 13.3 Å². The molecule has 0 spiro atoms. The number of nitrogens with zero attached hydrogens (tertiary/aromatic N) is 2. The van der Waals surface area contributed by atoms with Crippen LogP contribution >= 0.6 is 22.7 Å². The van der Waals surface area contributed by atoms with Crippen molar-refractivity contribution in [1.82, 2.24) is 9.97 Å². The third kappa shape index (κ3) is 1.31. The predicted molar refractivity (Wildman–Crippen MR) is 66.6 cm³/mol. The number of thiazole rings is 2. The van der Waals surface area contributed by atoms with Crippen LogP contribution in [0.15, 0.2) is 12.1 Å². The normalized spacial score (nSPS) is 11.5. The summed E-state index contributed by atoms with van der Waals surface area (Å²) in [6, 6.07) is 4.09. The molecule has 0 radical (unpaired) electrons. The Morgan fingerprint density at radius 1 is 1.27 bits per heavy atom. The molecule has 2 N–H and O–H groups in total. The molecule has 0 amide bonds. The molecule has 3 aromatic rings. The summed E-state index contributed by atoms with van der Waals surface area (Å²) in [4.78, 5) is 8.87. The first-order valence-electron chi connectivity index (χ1n) is 4.72. The van der Waals surface area contributed by atoms with Crippen molar-refractivity contribution in [1.29, 1.82) is 0 Å². The molecular weight excluding hydrogens is 226 g/mol. The predicted octanol–water partition coefficient (Wildman–Crippen LogP) is 3.05. The van der Waals surface area contributed by atoms with Crippen molar-refractivity contribution in [2.24, 2.45) is 0 Å². The SMILES string of the molecule is CCc1nc2c(ccc3nc(N)sc32)s1. The average molecular weight is 235 g/mol. The molecular formula is C10H9N3S2. The molecule has 0 aliphatic heterocycles. The van der Waals surface area contributed by atoms with Crippen LogP contribution in [0.5, 0.6) is 0 Å². The van der Waals surface area contributed by atoms with Crippen molar-refractivity contribution in [3.05, 3.63) is 17.1 Å². The quantitative estimate of drug-likeness (QED) is 0.705. The molecule has 0 unspecified atom stereocenters. The van der Waals surface area contributed by atoms with Gasteiger partial charge in [-0.25, -0.2) is 9.97 Å². The van der Waals surface area contributed by atoms with Crippen LogP contribution in [0.1, 0.15) is 11.9 Å². The number of aromatic nitrogens is 2. The van der Waals surface area contributed by atoms with Gasteiger partial charge in [-0.05, 0) is 18.6 Å². The van der Waals surface area contributed by atoms with Crippen molar-refractivity contribution >= 4 is 48.2 Å². The number of anilines is 1. The first-order chi connectivity index (χ1) is 7.28. The van der Waals surface area contributed by atoms with E-state index in [1.165, 1.54) is 21.0 Å². The molecule has 0 aliphatic rings. The number of benzene rings is 1. The molecule has 1 aromatic carbocycles. The fraction of sp³-hybridized carbons (Fsp3) is 0.200. The highest BCUT2D eigenvalue weighted by molar-refractivity contribution is 7.24. The topological polar surface area (TPSA) is 51.8 Å². The highest BCUT2D eigenvalue weighted by Gasteiger charge is 2.09. The summed E-state index contributed by atoms with van der Waals surface area (Å²) >= 11 is 3.26. The molecule has 3 rings (SSSR count). The number of rotatable bonds is 1. The van der Waals surface area contributed by atoms with E-state index < -0.39 is 0 Å². The smallest absolute Gasteiger partial charge is 0.181 e. The summed E-state index contributed by atoms with van der Waals surface area (Å²) in [5.41, 5.74) is 7.72. The lowest BCUT2D eigenvalue weighted by molar-refractivity contribution is 1.11. The first-order valence-corrected chi connectivity index (χ1v) is 6.35. The van der Waals surface area contributed by atoms with Crippen LogP contribution in [0.4, 0.5) is 5.13 Å². The number of hydrogen-bond acceptors (Lipinski definition) is 5. The second-order valence-corrected chi connectivity index (χ2v) is 5.42. The summed E-state index contributed by atoms with van der Waals surface area (Å²) in [6.07, 6.45) is 0.981. The molecule has 0 bridgehead atoms. The van der Waals surface area contributed by atoms with E-state index in [0.29, 0.717) is 5.13 Å². The molecule has 15 heavy (non-hydrogen) atoms. The second-order valence-electron chi connectivity index (χ2n) is 3.27. The van der Waals surface area contributed by atoms with Gasteiger partial charge >= 0.3 is 0 Å². The van der Waals surface area contributed by atoms with E-state index in [9.17, 15) is 0 Å². The number of fused-ring (bicyclic) bond motifs is 3. The molecule has 3 nitrogen and oxygen atoms in total. The van der Waals surface area contributed by atoms with E-state index in [1.807, 2.05) is 6.07 Å². The zero-order valence-corrected chi connectivity index (χ0v) is 9.78. The Kier molecular flexibility index (Phi) is 1.90. The molecule has 0 atom stereocenters. The van der Waals surface area contributed by atoms with Crippen LogP contribution in [-0.2, 0) is 6.42 Å². The van der Waals surface area contributed by atoms with Crippen LogP contribution in [0.25, 0.3) is 20.4 Å². The average Bonchev–Trinajstić information content (AvgIpc) is 2.78. The van der Waals surface area contributed by atoms with E-state index in [0.717, 1.165) is 22.2 Å². The zero-order valence-electron chi connectivity index (χ0n) is 8.15. The number of hydrogen-bond donors (Lipinski definition) is 1. The molecule has 76 valence electrons. The lowest BCUT2D eigenvalue weighted by Crippen LogP contribution is -1.78. The van der Waals surface area contributed by atoms with E-state index in [2.05, 4.69) is 23.0 Å². The Bertz CT molecular complexity index is 638. The van der Waals surface area contributed by atoms with Gasteiger partial charge in [-0.1, -0.05) is 18.3 Å². The van der Waals surface area contributed by atoms with Gasteiger partial charge in [0.2, 0.25) is 0 Å². The Labute approximate surface area is 94.6 Å². The molecule has 2 aromatic heterocycles. The van der Waals surface area contributed by atoms with Gasteiger partial charge in [-0.15, -0.1) is 11.3 Å². The maximum atomic E-state index is 5.70. The fourth-order valence-electron chi connectivity index (χ4n) is 1.59. The Morgan fingerprint density at radius 3 is 2.93 bits per heavy atom. The van der Waals surface area contributed by atoms with Gasteiger partial charge in [0.05, 0.1) is 19.9 Å². The van der Waals surface area contributed by atoms with Crippen LogP contribution in [0.3, 0.4) is 0 Å². The minimum absolute atomic E-state index is 0.614. The van der Waals surface area contributed by atoms with E-state index in [-0.39, 0.29) is 0 Å². The van der Waals surface area contributed by atoms with Gasteiger partial charge in [0.1, 0.15) is 5.52 Å². The third-order valence-electron chi connectivity index (χ3n) is 2.28. The molecule has 0 saturated carbocycles. The minimum atomic E-state index is 0.614. The number of nitrogens with two attached hydrogens (primary N) is 1. The second kappa shape index (κ2) is 3.15. The van der Waals surface area contributed by atoms with Gasteiger partial charge in [0, 0.05) is 0 Å². The molecule has 0 aliphatic carbocycles. The van der Waals surface area contributed by atoms with Crippen LogP contribution in [0.2, 0.25) is 0 Å². The largest absolute Gasteiger partial charge is 0.375 e. The summed E-state index contributed by atoms with van der Waals surface area (Å²) in [5.74, 6) is 0. The maximum Gasteiger partial charge on any atom is 0.181 e. The lowest BCUT2D eigenvalue weighted by atomic mass is 10.3. The van der Waals surface area contributed by atoms with Crippen molar-refractivity contribution in [2.75, 3.05) is 5.73 Å². The lowest BCUT2D eigenvalue weighted by Gasteiger charge is -1.87. The molecule has 5 heteroatoms. The third-order valence-corrected chi connectivity index (χ3v) is 4.35. The van der Waals surface area contributed by atoms with Gasteiger partial charge in [-0.2, -0.15) is 0 Å². The van der Waals surface area contributed by atoms with E-state index >= 15 is 0 Å². The van der Waals surface area contributed by atoms with Gasteiger partial charge in [-0.3, -0.25) is 0 Å². The standard InChI is InChI=1S/C10H9N3S2/c1-2-7-13-8-6(14-7)4-3-5-9(8)15-10(11)12-5/h3-4H,2H2,1H3,(H2,11,12). The summed E-state index contributed by atoms with van der Waals surface area (Å²) in [7, 11) is 0. The van der Waals surface area contributed by atoms with Gasteiger partial charge in [0.25, 0.3) is 0 Å². The van der Waals surface area contributed by atoms with Gasteiger partial charge in [0.15, 0.2) is 5.13 Å². The Balaban J connectivity index is 2.46. The minimum Gasteiger partial charge on any atom is -0.375 e. The highest BCUT2D eigenvalue weighted by Crippen LogP contribution is 2.33. The van der Waals surface area contributed by atoms with Gasteiger partial charge < -0.3 is 5.73 Å². The van der Waals surface area contributed by atoms with E-state index in [4.69, 9.17) is 5.73 Å². The van der Waals surface area contributed by atoms with Crippen LogP contribution in [-0.4, -0.2) is 9.97 Å². The Morgan fingerprint density at radius 2 is 2.13 bits per heavy atom. The molecule has 0 saturated heterocycles. The summed E-state index contributed by atoms with van der Waals surface area (Å²) in [5, 5.41) is 1.79. The van der Waals surface area contributed by atoms with Crippen molar-refractivity contribution < 1.29 is 0 Å². The fourth-order valence-corrected chi connectivity index (χ4v) is 3.39. The first kappa shape index (κ1) is 9.06. The van der Waals surface area contributed by atoms with Crippen LogP contribution in [0, 0.1) is 0 Å². The maximum absolute atomic E-state index is 5.70. The van der Waals surface area contributed by atoms with Crippen molar-refractivity contribution in [3.63, 3.8) is 0 Å². The van der Waals surface area contributed by atoms with E-state index in [1.54, 1.807) is 11.3 Å². The van der Waals surface area contributed by atoms with Crippen LogP contribution < -0.4 is 5.73 Å². The Hall–Kier alpha value is -1.20. The highest BCUT2D eigenvalue weighted by atomic mass is 32.1. The van der Waals surface area contributed by atoms with Crippen molar-refractivity contribution in [3.8, 4) is 0 Å². The molecule has 2 heterocycles. The monoisotopic (exact) mass is 235 g/mol. The zero-order chi connectivity index (χ0) is 10.4. The molecule has 0 fully saturated rings.